The van der Waals surface area contributed by atoms with Crippen LogP contribution < -0.4 is 34.7 Å². The molecule has 0 aromatic rings. The molecule has 6 aliphatic rings. The maximum absolute atomic E-state index is 14.6. The van der Waals surface area contributed by atoms with Crippen molar-refractivity contribution in [1.29, 1.82) is 0 Å². The minimum atomic E-state index is -1.15. The molecule has 0 aromatic carbocycles. The molecule has 7 nitrogen and oxygen atoms in total. The third kappa shape index (κ3) is 5.05. The van der Waals surface area contributed by atoms with Gasteiger partial charge in [0.1, 0.15) is 6.10 Å². The summed E-state index contributed by atoms with van der Waals surface area (Å²) >= 11 is 0. The number of carbonyl (C=O) groups excluding carboxylic acids is 3. The van der Waals surface area contributed by atoms with E-state index in [1.807, 2.05) is 13.0 Å². The van der Waals surface area contributed by atoms with Crippen LogP contribution in [0.4, 0.5) is 0 Å². The van der Waals surface area contributed by atoms with E-state index in [0.717, 1.165) is 51.4 Å². The van der Waals surface area contributed by atoms with Crippen LogP contribution in [0.25, 0.3) is 0 Å². The fourth-order valence-corrected chi connectivity index (χ4v) is 12.5. The van der Waals surface area contributed by atoms with E-state index in [1.54, 1.807) is 0 Å². The number of allylic oxidation sites excluding steroid dienone is 2. The molecule has 0 amide bonds. The van der Waals surface area contributed by atoms with Crippen LogP contribution in [0.2, 0.25) is 0 Å². The second-order valence-corrected chi connectivity index (χ2v) is 18.2. The second-order valence-electron chi connectivity index (χ2n) is 18.2. The molecular formula is C38H55NaO7. The van der Waals surface area contributed by atoms with E-state index >= 15 is 0 Å². The van der Waals surface area contributed by atoms with E-state index in [2.05, 4.69) is 41.5 Å². The second kappa shape index (κ2) is 11.7. The molecule has 11 atom stereocenters. The summed E-state index contributed by atoms with van der Waals surface area (Å²) in [7, 11) is 0. The normalized spacial score (nSPS) is 47.8. The van der Waals surface area contributed by atoms with Gasteiger partial charge in [0, 0.05) is 23.2 Å². The third-order valence-electron chi connectivity index (χ3n) is 15.7. The molecule has 0 saturated heterocycles. The van der Waals surface area contributed by atoms with Crippen molar-refractivity contribution in [3.8, 4) is 0 Å². The average Bonchev–Trinajstić information content (AvgIpc) is 2.96. The zero-order valence-electron chi connectivity index (χ0n) is 29.6. The summed E-state index contributed by atoms with van der Waals surface area (Å²) in [5.41, 5.74) is -0.627. The number of carboxylic acids is 2. The van der Waals surface area contributed by atoms with Gasteiger partial charge in [0.05, 0.1) is 11.3 Å². The van der Waals surface area contributed by atoms with E-state index in [-0.39, 0.29) is 86.3 Å². The largest absolute Gasteiger partial charge is 1.00 e. The van der Waals surface area contributed by atoms with Crippen LogP contribution in [-0.4, -0.2) is 34.9 Å². The van der Waals surface area contributed by atoms with Crippen LogP contribution in [-0.2, 0) is 23.9 Å². The maximum atomic E-state index is 14.6. The predicted octanol–water partition coefficient (Wildman–Crippen LogP) is 3.52. The van der Waals surface area contributed by atoms with Crippen molar-refractivity contribution in [3.05, 3.63) is 11.6 Å². The minimum Gasteiger partial charge on any atom is -0.550 e. The Labute approximate surface area is 297 Å². The predicted molar refractivity (Wildman–Crippen MR) is 167 cm³/mol. The van der Waals surface area contributed by atoms with Crippen molar-refractivity contribution in [2.45, 2.75) is 138 Å². The monoisotopic (exact) mass is 646 g/mol. The fourth-order valence-electron chi connectivity index (χ4n) is 12.5. The van der Waals surface area contributed by atoms with E-state index in [9.17, 15) is 29.4 Å². The summed E-state index contributed by atoms with van der Waals surface area (Å²) in [6, 6.07) is 0. The van der Waals surface area contributed by atoms with E-state index in [1.165, 1.54) is 5.57 Å². The Kier molecular flexibility index (Phi) is 9.20. The van der Waals surface area contributed by atoms with Gasteiger partial charge in [-0.25, -0.2) is 0 Å². The quantitative estimate of drug-likeness (QED) is 0.367. The Bertz CT molecular complexity index is 1340. The summed E-state index contributed by atoms with van der Waals surface area (Å²) < 4.78 is 6.25. The standard InChI is InChI=1S/C38H56O7.Na/c1-33(2)27-12-15-38(7)29(36(27,5)14-13-28(33)45-31(42)23-11-9-8-10-22(23)30(40)41)26(39)20-24-25-21-35(4,32(43)44)17-16-34(25,3)18-19-37(24,38)6;/h20,22-23,25,27-29H,8-19,21H2,1-7H3,(H,40,41)(H,43,44);/q;+1/p-1/t22-,23+,25-,27-,28-,29+,34+,35-,36-,37+,38+;/m0./s1. The number of hydrogen-bond acceptors (Lipinski definition) is 6. The first kappa shape index (κ1) is 36.1. The zero-order chi connectivity index (χ0) is 33.0. The molecule has 0 aromatic heterocycles. The number of ketones is 1. The molecule has 0 bridgehead atoms. The number of hydrogen-bond donors (Lipinski definition) is 1. The van der Waals surface area contributed by atoms with Gasteiger partial charge in [-0.15, -0.1) is 0 Å². The fraction of sp³-hybridized carbons (Fsp3) is 0.842. The molecule has 6 aliphatic carbocycles. The Balaban J connectivity index is 0.00000417. The molecule has 1 N–H and O–H groups in total. The van der Waals surface area contributed by atoms with Crippen molar-refractivity contribution in [3.63, 3.8) is 0 Å². The first-order valence-electron chi connectivity index (χ1n) is 17.7. The van der Waals surface area contributed by atoms with Crippen molar-refractivity contribution in [2.24, 2.45) is 62.1 Å². The van der Waals surface area contributed by atoms with Crippen LogP contribution in [0.1, 0.15) is 132 Å². The first-order chi connectivity index (χ1) is 20.8. The van der Waals surface area contributed by atoms with Gasteiger partial charge in [0.15, 0.2) is 5.78 Å². The van der Waals surface area contributed by atoms with Crippen molar-refractivity contribution in [2.75, 3.05) is 0 Å². The summed E-state index contributed by atoms with van der Waals surface area (Å²) in [4.78, 5) is 52.3. The number of esters is 1. The van der Waals surface area contributed by atoms with Gasteiger partial charge in [-0.1, -0.05) is 60.0 Å². The Morgan fingerprint density at radius 2 is 1.48 bits per heavy atom. The summed E-state index contributed by atoms with van der Waals surface area (Å²) in [6.45, 7) is 15.6. The molecular weight excluding hydrogens is 591 g/mol. The number of carbonyl (C=O) groups is 4. The van der Waals surface area contributed by atoms with Crippen LogP contribution in [0.15, 0.2) is 11.6 Å². The van der Waals surface area contributed by atoms with Gasteiger partial charge in [0.25, 0.3) is 0 Å². The topological polar surface area (TPSA) is 121 Å². The van der Waals surface area contributed by atoms with Crippen LogP contribution in [0.5, 0.6) is 0 Å². The Hall–Kier alpha value is -1.18. The molecule has 250 valence electrons. The summed E-state index contributed by atoms with van der Waals surface area (Å²) in [5, 5.41) is 22.0. The molecule has 6 rings (SSSR count). The van der Waals surface area contributed by atoms with Crippen molar-refractivity contribution < 1.29 is 63.7 Å². The van der Waals surface area contributed by atoms with Gasteiger partial charge in [-0.05, 0) is 117 Å². The smallest absolute Gasteiger partial charge is 0.550 e. The molecule has 5 saturated carbocycles. The third-order valence-corrected chi connectivity index (χ3v) is 15.7. The number of aliphatic carboxylic acids is 2. The van der Waals surface area contributed by atoms with E-state index < -0.39 is 35.2 Å². The maximum Gasteiger partial charge on any atom is 1.00 e. The summed E-state index contributed by atoms with van der Waals surface area (Å²) in [5.74, 6) is -3.41. The van der Waals surface area contributed by atoms with Gasteiger partial charge in [-0.2, -0.15) is 0 Å². The molecule has 5 fully saturated rings. The number of fused-ring (bicyclic) bond motifs is 7. The number of ether oxygens (including phenoxy) is 1. The van der Waals surface area contributed by atoms with Gasteiger partial charge >= 0.3 is 41.5 Å². The van der Waals surface area contributed by atoms with E-state index in [4.69, 9.17) is 4.74 Å². The molecule has 8 heteroatoms. The van der Waals surface area contributed by atoms with Gasteiger partial charge in [0.2, 0.25) is 0 Å². The SMILES string of the molecule is CC1(C)[C@@H](OC(=O)[C@@H]2CCCC[C@@H]2C(=O)[O-])CC[C@]2(C)[C@H]3C(=O)C=C4[C@@H]5C[C@@](C)(C(=O)O)CC[C@]5(C)CC[C@@]4(C)[C@]3(C)CC[C@@H]12.[Na+]. The molecule has 0 heterocycles. The average molecular weight is 647 g/mol. The van der Waals surface area contributed by atoms with Crippen LogP contribution in [0, 0.1) is 62.1 Å². The van der Waals surface area contributed by atoms with E-state index in [0.29, 0.717) is 32.1 Å². The van der Waals surface area contributed by atoms with Crippen LogP contribution in [0.3, 0.4) is 0 Å². The first-order valence-corrected chi connectivity index (χ1v) is 17.7. The zero-order valence-corrected chi connectivity index (χ0v) is 31.6. The molecule has 0 unspecified atom stereocenters. The Morgan fingerprint density at radius 1 is 0.848 bits per heavy atom. The molecule has 0 radical (unpaired) electrons. The molecule has 0 spiro atoms. The van der Waals surface area contributed by atoms with Crippen molar-refractivity contribution in [1.82, 2.24) is 0 Å². The minimum absolute atomic E-state index is 0. The van der Waals surface area contributed by atoms with Gasteiger partial charge in [-0.3, -0.25) is 14.4 Å². The molecule has 46 heavy (non-hydrogen) atoms. The molecule has 0 aliphatic heterocycles. The number of rotatable bonds is 4. The van der Waals surface area contributed by atoms with Crippen molar-refractivity contribution >= 4 is 23.7 Å². The number of carboxylic acid groups (broad SMARTS) is 2. The van der Waals surface area contributed by atoms with Crippen LogP contribution >= 0.6 is 0 Å². The van der Waals surface area contributed by atoms with Gasteiger partial charge < -0.3 is 19.7 Å². The summed E-state index contributed by atoms with van der Waals surface area (Å²) in [6.07, 6.45) is 11.7. The Morgan fingerprint density at radius 3 is 2.11 bits per heavy atom.